The molecule has 0 aliphatic carbocycles. The molecule has 2 aliphatic heterocycles. The van der Waals surface area contributed by atoms with E-state index in [0.717, 1.165) is 11.3 Å². The second-order valence-corrected chi connectivity index (χ2v) is 8.67. The third-order valence-electron chi connectivity index (χ3n) is 5.88. The Kier molecular flexibility index (Phi) is 5.28. The van der Waals surface area contributed by atoms with E-state index in [2.05, 4.69) is 15.6 Å². The van der Waals surface area contributed by atoms with E-state index in [0.29, 0.717) is 18.7 Å². The molecule has 2 aromatic carbocycles. The van der Waals surface area contributed by atoms with Crippen LogP contribution in [0.4, 0.5) is 0 Å². The number of nitrogens with one attached hydrogen (secondary N) is 1. The molecular formula is C24H26N4O4. The zero-order valence-corrected chi connectivity index (χ0v) is 18.1. The van der Waals surface area contributed by atoms with Crippen LogP contribution in [0.3, 0.4) is 0 Å². The number of amides is 1. The van der Waals surface area contributed by atoms with Crippen molar-refractivity contribution in [3.8, 4) is 11.3 Å². The molecule has 0 spiro atoms. The zero-order valence-electron chi connectivity index (χ0n) is 18.1. The van der Waals surface area contributed by atoms with E-state index in [-0.39, 0.29) is 24.7 Å². The zero-order chi connectivity index (χ0) is 22.2. The number of hydrogen-bond acceptors (Lipinski definition) is 6. The summed E-state index contributed by atoms with van der Waals surface area (Å²) in [7, 11) is 0. The van der Waals surface area contributed by atoms with Crippen molar-refractivity contribution in [2.75, 3.05) is 13.2 Å². The number of ether oxygens (including phenoxy) is 3. The average molecular weight is 434 g/mol. The molecule has 1 N–H and O–H groups in total. The molecule has 1 aromatic heterocycles. The van der Waals surface area contributed by atoms with E-state index >= 15 is 0 Å². The molecule has 1 amide bonds. The van der Waals surface area contributed by atoms with Crippen LogP contribution in [0.1, 0.15) is 24.2 Å². The fraction of sp³-hybridized carbons (Fsp3) is 0.375. The lowest BCUT2D eigenvalue weighted by Gasteiger charge is -2.27. The summed E-state index contributed by atoms with van der Waals surface area (Å²) in [6, 6.07) is 19.1. The van der Waals surface area contributed by atoms with Crippen LogP contribution in [-0.2, 0) is 20.8 Å². The van der Waals surface area contributed by atoms with Gasteiger partial charge in [0.1, 0.15) is 17.8 Å². The van der Waals surface area contributed by atoms with Crippen LogP contribution in [0, 0.1) is 0 Å². The van der Waals surface area contributed by atoms with E-state index < -0.39 is 11.4 Å². The number of nitrogens with zero attached hydrogens (tertiary/aromatic N) is 3. The second-order valence-electron chi connectivity index (χ2n) is 8.67. The topological polar surface area (TPSA) is 87.5 Å². The summed E-state index contributed by atoms with van der Waals surface area (Å²) in [6.07, 6.45) is 1.09. The highest BCUT2D eigenvalue weighted by Crippen LogP contribution is 2.43. The van der Waals surface area contributed by atoms with Gasteiger partial charge in [0.2, 0.25) is 0 Å². The molecule has 2 fully saturated rings. The van der Waals surface area contributed by atoms with Crippen LogP contribution in [0.15, 0.2) is 66.9 Å². The highest BCUT2D eigenvalue weighted by molar-refractivity contribution is 5.94. The predicted octanol–water partition coefficient (Wildman–Crippen LogP) is 2.66. The minimum Gasteiger partial charge on any atom is -0.370 e. The molecule has 0 bridgehead atoms. The lowest BCUT2D eigenvalue weighted by atomic mass is 9.96. The standard InChI is InChI=1S/C24H26N4O4/c1-23(2)31-21-20(14-28-19(13-26-27-28)17-9-5-3-6-10-17)30-16-24(21,32-23)15-25-22(29)18-11-7-4-8-12-18/h3-13,20-21H,14-16H2,1-2H3,(H,25,29)/t20-,21-,24+/m1/s1. The lowest BCUT2D eigenvalue weighted by molar-refractivity contribution is -0.190. The van der Waals surface area contributed by atoms with Crippen LogP contribution in [-0.4, -0.2) is 57.6 Å². The van der Waals surface area contributed by atoms with Gasteiger partial charge >= 0.3 is 0 Å². The SMILES string of the molecule is CC1(C)O[C@@H]2[C@@H](Cn3nncc3-c3ccccc3)OC[C@]2(CNC(=O)c2ccccc2)O1. The first-order valence-electron chi connectivity index (χ1n) is 10.7. The molecule has 8 nitrogen and oxygen atoms in total. The van der Waals surface area contributed by atoms with E-state index in [9.17, 15) is 4.79 Å². The molecule has 0 unspecified atom stereocenters. The van der Waals surface area contributed by atoms with Crippen LogP contribution in [0.2, 0.25) is 0 Å². The van der Waals surface area contributed by atoms with Gasteiger partial charge in [-0.25, -0.2) is 4.68 Å². The second kappa shape index (κ2) is 8.12. The number of carbonyl (C=O) groups excluding carboxylic acids is 1. The third-order valence-corrected chi connectivity index (χ3v) is 5.88. The normalized spacial score (nSPS) is 26.1. The Bertz CT molecular complexity index is 1090. The lowest BCUT2D eigenvalue weighted by Crippen LogP contribution is -2.51. The molecular weight excluding hydrogens is 408 g/mol. The molecule has 5 rings (SSSR count). The molecule has 2 saturated heterocycles. The van der Waals surface area contributed by atoms with Crippen LogP contribution >= 0.6 is 0 Å². The van der Waals surface area contributed by atoms with Gasteiger partial charge in [0.25, 0.3) is 5.91 Å². The maximum Gasteiger partial charge on any atom is 0.251 e. The summed E-state index contributed by atoms with van der Waals surface area (Å²) in [6.45, 7) is 4.83. The smallest absolute Gasteiger partial charge is 0.251 e. The molecule has 32 heavy (non-hydrogen) atoms. The van der Waals surface area contributed by atoms with Gasteiger partial charge < -0.3 is 19.5 Å². The first-order chi connectivity index (χ1) is 15.5. The summed E-state index contributed by atoms with van der Waals surface area (Å²) in [5.74, 6) is -0.937. The molecule has 8 heteroatoms. The number of hydrogen-bond donors (Lipinski definition) is 1. The van der Waals surface area contributed by atoms with E-state index in [1.807, 2.05) is 67.1 Å². The van der Waals surface area contributed by atoms with Crippen molar-refractivity contribution in [3.05, 3.63) is 72.4 Å². The minimum absolute atomic E-state index is 0.155. The third kappa shape index (κ3) is 3.92. The highest BCUT2D eigenvalue weighted by Gasteiger charge is 2.61. The molecule has 2 aliphatic rings. The Labute approximate surface area is 186 Å². The maximum atomic E-state index is 12.6. The fourth-order valence-corrected chi connectivity index (χ4v) is 4.50. The first kappa shape index (κ1) is 20.8. The Morgan fingerprint density at radius 1 is 1.12 bits per heavy atom. The fourth-order valence-electron chi connectivity index (χ4n) is 4.50. The summed E-state index contributed by atoms with van der Waals surface area (Å²) in [5, 5.41) is 11.4. The molecule has 166 valence electrons. The summed E-state index contributed by atoms with van der Waals surface area (Å²) in [4.78, 5) is 12.6. The molecule has 3 heterocycles. The van der Waals surface area contributed by atoms with Crippen molar-refractivity contribution in [3.63, 3.8) is 0 Å². The first-order valence-corrected chi connectivity index (χ1v) is 10.7. The maximum absolute atomic E-state index is 12.6. The highest BCUT2D eigenvalue weighted by atomic mass is 16.8. The van der Waals surface area contributed by atoms with Crippen LogP contribution in [0.5, 0.6) is 0 Å². The summed E-state index contributed by atoms with van der Waals surface area (Å²) >= 11 is 0. The summed E-state index contributed by atoms with van der Waals surface area (Å²) in [5.41, 5.74) is 1.76. The number of fused-ring (bicyclic) bond motifs is 1. The van der Waals surface area contributed by atoms with E-state index in [1.165, 1.54) is 0 Å². The van der Waals surface area contributed by atoms with Crippen molar-refractivity contribution >= 4 is 5.91 Å². The Hall–Kier alpha value is -3.07. The molecule has 0 radical (unpaired) electrons. The molecule has 3 atom stereocenters. The van der Waals surface area contributed by atoms with Gasteiger partial charge in [-0.2, -0.15) is 0 Å². The minimum atomic E-state index is -0.783. The van der Waals surface area contributed by atoms with Crippen molar-refractivity contribution in [1.82, 2.24) is 20.3 Å². The molecule has 0 saturated carbocycles. The Morgan fingerprint density at radius 3 is 2.59 bits per heavy atom. The van der Waals surface area contributed by atoms with Gasteiger partial charge in [0.05, 0.1) is 31.6 Å². The van der Waals surface area contributed by atoms with Crippen LogP contribution < -0.4 is 5.32 Å². The van der Waals surface area contributed by atoms with Gasteiger partial charge in [-0.05, 0) is 26.0 Å². The van der Waals surface area contributed by atoms with E-state index in [4.69, 9.17) is 14.2 Å². The number of carbonyl (C=O) groups is 1. The largest absolute Gasteiger partial charge is 0.370 e. The van der Waals surface area contributed by atoms with Gasteiger partial charge in [-0.3, -0.25) is 4.79 Å². The van der Waals surface area contributed by atoms with E-state index in [1.54, 1.807) is 18.3 Å². The van der Waals surface area contributed by atoms with Gasteiger partial charge in [-0.15, -0.1) is 5.10 Å². The van der Waals surface area contributed by atoms with Crippen LogP contribution in [0.25, 0.3) is 11.3 Å². The van der Waals surface area contributed by atoms with Crippen molar-refractivity contribution in [1.29, 1.82) is 0 Å². The Balaban J connectivity index is 1.34. The molecule has 3 aromatic rings. The monoisotopic (exact) mass is 434 g/mol. The Morgan fingerprint density at radius 2 is 1.84 bits per heavy atom. The van der Waals surface area contributed by atoms with Crippen molar-refractivity contribution in [2.45, 2.75) is 44.0 Å². The van der Waals surface area contributed by atoms with Gasteiger partial charge in [-0.1, -0.05) is 53.7 Å². The number of rotatable bonds is 6. The predicted molar refractivity (Wildman–Crippen MR) is 117 cm³/mol. The van der Waals surface area contributed by atoms with Gasteiger partial charge in [0.15, 0.2) is 5.79 Å². The average Bonchev–Trinajstić information content (AvgIpc) is 3.46. The van der Waals surface area contributed by atoms with Crippen molar-refractivity contribution < 1.29 is 19.0 Å². The quantitative estimate of drug-likeness (QED) is 0.642. The van der Waals surface area contributed by atoms with Crippen molar-refractivity contribution in [2.24, 2.45) is 0 Å². The number of benzene rings is 2. The van der Waals surface area contributed by atoms with Gasteiger partial charge in [0, 0.05) is 11.1 Å². The summed E-state index contributed by atoms with van der Waals surface area (Å²) < 4.78 is 20.5. The number of aromatic nitrogens is 3.